The van der Waals surface area contributed by atoms with Gasteiger partial charge in [0, 0.05) is 39.0 Å². The molecule has 7 heteroatoms. The summed E-state index contributed by atoms with van der Waals surface area (Å²) in [6.07, 6.45) is 7.43. The third-order valence-electron chi connectivity index (χ3n) is 5.08. The molecular weight excluding hydrogens is 491 g/mol. The predicted molar refractivity (Wildman–Crippen MR) is 131 cm³/mol. The second kappa shape index (κ2) is 14.1. The Hall–Kier alpha value is -2.03. The zero-order chi connectivity index (χ0) is 20.2. The summed E-state index contributed by atoms with van der Waals surface area (Å²) in [6, 6.07) is 14.1. The number of rotatable bonds is 9. The molecule has 1 aromatic heterocycles. The third kappa shape index (κ3) is 8.77. The Kier molecular flexibility index (Phi) is 11.4. The van der Waals surface area contributed by atoms with Crippen molar-refractivity contribution in [1.82, 2.24) is 15.5 Å². The van der Waals surface area contributed by atoms with Gasteiger partial charge in [-0.2, -0.15) is 0 Å². The highest BCUT2D eigenvalue weighted by Gasteiger charge is 2.15. The molecule has 3 rings (SSSR count). The van der Waals surface area contributed by atoms with Gasteiger partial charge in [0.15, 0.2) is 5.96 Å². The van der Waals surface area contributed by atoms with Gasteiger partial charge in [-0.05, 0) is 37.0 Å². The maximum Gasteiger partial charge on any atom is 0.222 e. The number of hydrogen-bond acceptors (Lipinski definition) is 3. The van der Waals surface area contributed by atoms with Crippen LogP contribution in [0.15, 0.2) is 58.1 Å². The van der Waals surface area contributed by atoms with Gasteiger partial charge in [-0.3, -0.25) is 4.79 Å². The van der Waals surface area contributed by atoms with E-state index < -0.39 is 0 Å². The number of furan rings is 1. The molecule has 0 saturated carbocycles. The van der Waals surface area contributed by atoms with E-state index in [9.17, 15) is 4.79 Å². The predicted octanol–water partition coefficient (Wildman–Crippen LogP) is 3.97. The highest BCUT2D eigenvalue weighted by atomic mass is 127. The number of nitrogens with one attached hydrogen (secondary N) is 2. The van der Waals surface area contributed by atoms with Gasteiger partial charge in [-0.15, -0.1) is 24.0 Å². The van der Waals surface area contributed by atoms with Crippen LogP contribution >= 0.6 is 24.0 Å². The van der Waals surface area contributed by atoms with Crippen LogP contribution in [0.4, 0.5) is 0 Å². The van der Waals surface area contributed by atoms with Crippen molar-refractivity contribution in [2.75, 3.05) is 26.2 Å². The molecule has 0 spiro atoms. The van der Waals surface area contributed by atoms with Crippen LogP contribution in [0.1, 0.15) is 43.4 Å². The zero-order valence-corrected chi connectivity index (χ0v) is 19.8. The highest BCUT2D eigenvalue weighted by Crippen LogP contribution is 2.11. The first-order valence-corrected chi connectivity index (χ1v) is 10.7. The molecule has 0 radical (unpaired) electrons. The first kappa shape index (κ1) is 24.2. The van der Waals surface area contributed by atoms with Crippen molar-refractivity contribution in [3.63, 3.8) is 0 Å². The van der Waals surface area contributed by atoms with Crippen molar-refractivity contribution in [3.8, 4) is 0 Å². The number of benzene rings is 1. The van der Waals surface area contributed by atoms with Crippen LogP contribution < -0.4 is 10.6 Å². The molecule has 6 nitrogen and oxygen atoms in total. The molecule has 1 aromatic carbocycles. The van der Waals surface area contributed by atoms with E-state index in [2.05, 4.69) is 22.8 Å². The molecular formula is C23H33IN4O2. The van der Waals surface area contributed by atoms with Gasteiger partial charge in [-0.25, -0.2) is 4.99 Å². The molecule has 164 valence electrons. The van der Waals surface area contributed by atoms with E-state index >= 15 is 0 Å². The molecule has 1 fully saturated rings. The van der Waals surface area contributed by atoms with Crippen LogP contribution in [-0.4, -0.2) is 42.9 Å². The monoisotopic (exact) mass is 524 g/mol. The van der Waals surface area contributed by atoms with Gasteiger partial charge < -0.3 is 20.0 Å². The van der Waals surface area contributed by atoms with E-state index in [1.165, 1.54) is 5.56 Å². The van der Waals surface area contributed by atoms with Crippen molar-refractivity contribution in [2.45, 2.75) is 45.1 Å². The fourth-order valence-corrected chi connectivity index (χ4v) is 3.44. The minimum atomic E-state index is 0. The van der Waals surface area contributed by atoms with Gasteiger partial charge in [-0.1, -0.05) is 36.8 Å². The van der Waals surface area contributed by atoms with Crippen LogP contribution in [0.25, 0.3) is 0 Å². The Labute approximate surface area is 196 Å². The molecule has 1 aliphatic heterocycles. The largest absolute Gasteiger partial charge is 0.469 e. The number of carbonyl (C=O) groups excluding carboxylic acids is 1. The summed E-state index contributed by atoms with van der Waals surface area (Å²) in [6.45, 7) is 3.87. The van der Waals surface area contributed by atoms with Gasteiger partial charge in [0.25, 0.3) is 0 Å². The minimum absolute atomic E-state index is 0. The molecule has 2 heterocycles. The van der Waals surface area contributed by atoms with Crippen LogP contribution in [0.3, 0.4) is 0 Å². The smallest absolute Gasteiger partial charge is 0.222 e. The summed E-state index contributed by atoms with van der Waals surface area (Å²) < 4.78 is 5.39. The maximum absolute atomic E-state index is 12.1. The number of amides is 1. The molecule has 0 bridgehead atoms. The SMILES string of the molecule is I.O=C1CCCCCN1CCCNC(=NCc1ccccc1)NCCc1ccco1. The standard InChI is InChI=1S/C23H32N4O2.HI/c28-22-12-5-2-6-16-27(22)17-8-14-24-23(25-15-13-21-11-7-18-29-21)26-19-20-9-3-1-4-10-20;/h1,3-4,7,9-11,18H,2,5-6,8,12-17,19H2,(H2,24,25,26);1H. The van der Waals surface area contributed by atoms with Gasteiger partial charge >= 0.3 is 0 Å². The van der Waals surface area contributed by atoms with E-state index in [1.807, 2.05) is 35.2 Å². The molecule has 2 N–H and O–H groups in total. The Balaban J connectivity index is 0.00000320. The molecule has 0 atom stereocenters. The summed E-state index contributed by atoms with van der Waals surface area (Å²) in [5.74, 6) is 2.05. The summed E-state index contributed by atoms with van der Waals surface area (Å²) in [5.41, 5.74) is 1.18. The average molecular weight is 524 g/mol. The molecule has 1 amide bonds. The number of nitrogens with zero attached hydrogens (tertiary/aromatic N) is 2. The van der Waals surface area contributed by atoms with Crippen molar-refractivity contribution in [2.24, 2.45) is 4.99 Å². The number of halogens is 1. The van der Waals surface area contributed by atoms with Gasteiger partial charge in [0.05, 0.1) is 12.8 Å². The second-order valence-electron chi connectivity index (χ2n) is 7.38. The lowest BCUT2D eigenvalue weighted by Crippen LogP contribution is -2.40. The quantitative estimate of drug-likeness (QED) is 0.226. The van der Waals surface area contributed by atoms with Crippen LogP contribution in [0.2, 0.25) is 0 Å². The topological polar surface area (TPSA) is 69.9 Å². The normalized spacial score (nSPS) is 14.7. The van der Waals surface area contributed by atoms with E-state index in [0.717, 1.165) is 70.0 Å². The van der Waals surface area contributed by atoms with E-state index in [1.54, 1.807) is 6.26 Å². The molecule has 30 heavy (non-hydrogen) atoms. The maximum atomic E-state index is 12.1. The summed E-state index contributed by atoms with van der Waals surface area (Å²) in [4.78, 5) is 18.8. The first-order chi connectivity index (χ1) is 14.3. The molecule has 0 unspecified atom stereocenters. The Morgan fingerprint density at radius 1 is 1.03 bits per heavy atom. The van der Waals surface area contributed by atoms with E-state index in [4.69, 9.17) is 9.41 Å². The van der Waals surface area contributed by atoms with Crippen LogP contribution in [0, 0.1) is 0 Å². The molecule has 1 saturated heterocycles. The lowest BCUT2D eigenvalue weighted by atomic mass is 10.2. The molecule has 0 aliphatic carbocycles. The van der Waals surface area contributed by atoms with Gasteiger partial charge in [0.1, 0.15) is 5.76 Å². The van der Waals surface area contributed by atoms with Crippen molar-refractivity contribution in [3.05, 3.63) is 60.1 Å². The number of aliphatic imine (C=N–C) groups is 1. The zero-order valence-electron chi connectivity index (χ0n) is 17.5. The van der Waals surface area contributed by atoms with E-state index in [-0.39, 0.29) is 24.0 Å². The summed E-state index contributed by atoms with van der Waals surface area (Å²) >= 11 is 0. The van der Waals surface area contributed by atoms with Crippen molar-refractivity contribution >= 4 is 35.8 Å². The van der Waals surface area contributed by atoms with Crippen molar-refractivity contribution in [1.29, 1.82) is 0 Å². The van der Waals surface area contributed by atoms with Gasteiger partial charge in [0.2, 0.25) is 5.91 Å². The van der Waals surface area contributed by atoms with Crippen molar-refractivity contribution < 1.29 is 9.21 Å². The third-order valence-corrected chi connectivity index (χ3v) is 5.08. The summed E-state index contributed by atoms with van der Waals surface area (Å²) in [7, 11) is 0. The fraction of sp³-hybridized carbons (Fsp3) is 0.478. The fourth-order valence-electron chi connectivity index (χ4n) is 3.44. The number of likely N-dealkylation sites (tertiary alicyclic amines) is 1. The first-order valence-electron chi connectivity index (χ1n) is 10.7. The van der Waals surface area contributed by atoms with Crippen LogP contribution in [0.5, 0.6) is 0 Å². The average Bonchev–Trinajstić information content (AvgIpc) is 3.18. The van der Waals surface area contributed by atoms with E-state index in [0.29, 0.717) is 18.9 Å². The molecule has 2 aromatic rings. The van der Waals surface area contributed by atoms with Crippen LogP contribution in [-0.2, 0) is 17.8 Å². The Bertz CT molecular complexity index is 750. The lowest BCUT2D eigenvalue weighted by molar-refractivity contribution is -0.130. The minimum Gasteiger partial charge on any atom is -0.469 e. The Morgan fingerprint density at radius 3 is 2.67 bits per heavy atom. The summed E-state index contributed by atoms with van der Waals surface area (Å²) in [5, 5.41) is 6.79. The lowest BCUT2D eigenvalue weighted by Gasteiger charge is -2.21. The number of hydrogen-bond donors (Lipinski definition) is 2. The molecule has 1 aliphatic rings. The highest BCUT2D eigenvalue weighted by molar-refractivity contribution is 14.0. The number of carbonyl (C=O) groups is 1. The number of guanidine groups is 1. The second-order valence-corrected chi connectivity index (χ2v) is 7.38. The Morgan fingerprint density at radius 2 is 1.87 bits per heavy atom.